The molecule has 1 aromatic heterocycles. The summed E-state index contributed by atoms with van der Waals surface area (Å²) < 4.78 is 26.8. The normalized spacial score (nSPS) is 12.2. The van der Waals surface area contributed by atoms with Gasteiger partial charge in [-0.2, -0.15) is 4.31 Å². The number of hydrogen-bond acceptors (Lipinski definition) is 4. The summed E-state index contributed by atoms with van der Waals surface area (Å²) in [7, 11) is -1.44. The maximum atomic E-state index is 12.4. The Labute approximate surface area is 114 Å². The van der Waals surface area contributed by atoms with Gasteiger partial charge < -0.3 is 5.32 Å². The Morgan fingerprint density at radius 2 is 2.11 bits per heavy atom. The fraction of sp³-hybridized carbons (Fsp3) is 0.667. The molecule has 0 aliphatic rings. The Morgan fingerprint density at radius 3 is 2.67 bits per heavy atom. The van der Waals surface area contributed by atoms with E-state index in [-0.39, 0.29) is 0 Å². The molecule has 0 amide bonds. The number of thiophene rings is 1. The topological polar surface area (TPSA) is 49.4 Å². The fourth-order valence-electron chi connectivity index (χ4n) is 1.70. The molecule has 0 aromatic carbocycles. The first-order valence-corrected chi connectivity index (χ1v) is 8.60. The molecule has 0 bridgehead atoms. The van der Waals surface area contributed by atoms with Crippen molar-refractivity contribution in [2.45, 2.75) is 37.4 Å². The summed E-state index contributed by atoms with van der Waals surface area (Å²) in [4.78, 5) is 0. The van der Waals surface area contributed by atoms with Gasteiger partial charge in [-0.15, -0.1) is 11.3 Å². The van der Waals surface area contributed by atoms with Crippen LogP contribution < -0.4 is 5.32 Å². The zero-order chi connectivity index (χ0) is 13.6. The van der Waals surface area contributed by atoms with Crippen molar-refractivity contribution in [3.8, 4) is 0 Å². The Bertz CT molecular complexity index is 454. The van der Waals surface area contributed by atoms with Crippen LogP contribution in [0.15, 0.2) is 15.7 Å². The van der Waals surface area contributed by atoms with Gasteiger partial charge in [0.05, 0.1) is 0 Å². The molecule has 18 heavy (non-hydrogen) atoms. The highest BCUT2D eigenvalue weighted by molar-refractivity contribution is 7.91. The van der Waals surface area contributed by atoms with Crippen molar-refractivity contribution in [1.82, 2.24) is 9.62 Å². The van der Waals surface area contributed by atoms with Crippen LogP contribution >= 0.6 is 11.3 Å². The summed E-state index contributed by atoms with van der Waals surface area (Å²) in [6.45, 7) is 5.79. The van der Waals surface area contributed by atoms with Crippen molar-refractivity contribution < 1.29 is 8.42 Å². The molecule has 0 spiro atoms. The Kier molecular flexibility index (Phi) is 6.28. The van der Waals surface area contributed by atoms with Crippen molar-refractivity contribution in [3.63, 3.8) is 0 Å². The number of unbranched alkanes of at least 4 members (excludes halogenated alkanes) is 1. The molecular formula is C12H22N2O2S2. The van der Waals surface area contributed by atoms with Gasteiger partial charge in [-0.05, 0) is 30.5 Å². The lowest BCUT2D eigenvalue weighted by Gasteiger charge is -2.18. The lowest BCUT2D eigenvalue weighted by atomic mass is 10.3. The highest BCUT2D eigenvalue weighted by Crippen LogP contribution is 2.24. The van der Waals surface area contributed by atoms with Gasteiger partial charge in [0.25, 0.3) is 10.0 Å². The van der Waals surface area contributed by atoms with E-state index in [4.69, 9.17) is 0 Å². The fourth-order valence-corrected chi connectivity index (χ4v) is 4.54. The number of nitrogens with one attached hydrogen (secondary N) is 1. The van der Waals surface area contributed by atoms with Gasteiger partial charge in [0.2, 0.25) is 0 Å². The first kappa shape index (κ1) is 15.6. The molecule has 0 radical (unpaired) electrons. The van der Waals surface area contributed by atoms with E-state index in [1.54, 1.807) is 10.4 Å². The van der Waals surface area contributed by atoms with Crippen LogP contribution in [0.1, 0.15) is 32.3 Å². The molecule has 0 saturated heterocycles. The van der Waals surface area contributed by atoms with Gasteiger partial charge in [0.1, 0.15) is 4.21 Å². The van der Waals surface area contributed by atoms with Gasteiger partial charge in [-0.25, -0.2) is 8.42 Å². The van der Waals surface area contributed by atoms with Gasteiger partial charge in [0.15, 0.2) is 0 Å². The van der Waals surface area contributed by atoms with E-state index in [2.05, 4.69) is 12.2 Å². The van der Waals surface area contributed by atoms with Crippen LogP contribution in [0.3, 0.4) is 0 Å². The molecule has 0 aliphatic carbocycles. The SMILES string of the molecule is CCCCN(CC)S(=O)(=O)c1cc(CNC)cs1. The lowest BCUT2D eigenvalue weighted by molar-refractivity contribution is 0.420. The largest absolute Gasteiger partial charge is 0.316 e. The van der Waals surface area contributed by atoms with Crippen LogP contribution in [0, 0.1) is 0 Å². The van der Waals surface area contributed by atoms with Gasteiger partial charge in [-0.1, -0.05) is 20.3 Å². The van der Waals surface area contributed by atoms with Gasteiger partial charge in [-0.3, -0.25) is 0 Å². The highest BCUT2D eigenvalue weighted by atomic mass is 32.2. The van der Waals surface area contributed by atoms with E-state index < -0.39 is 10.0 Å². The number of hydrogen-bond donors (Lipinski definition) is 1. The Balaban J connectivity index is 2.88. The molecule has 0 atom stereocenters. The third-order valence-electron chi connectivity index (χ3n) is 2.72. The third-order valence-corrected chi connectivity index (χ3v) is 6.16. The molecule has 1 heterocycles. The van der Waals surface area contributed by atoms with E-state index in [1.165, 1.54) is 11.3 Å². The molecule has 1 rings (SSSR count). The van der Waals surface area contributed by atoms with Crippen LogP contribution in [0.5, 0.6) is 0 Å². The summed E-state index contributed by atoms with van der Waals surface area (Å²) in [5, 5.41) is 4.92. The third kappa shape index (κ3) is 3.78. The lowest BCUT2D eigenvalue weighted by Crippen LogP contribution is -2.31. The number of sulfonamides is 1. The molecule has 0 aliphatic heterocycles. The minimum absolute atomic E-state index is 0.450. The number of rotatable bonds is 8. The maximum Gasteiger partial charge on any atom is 0.252 e. The van der Waals surface area contributed by atoms with E-state index in [0.717, 1.165) is 18.4 Å². The van der Waals surface area contributed by atoms with E-state index in [1.807, 2.05) is 19.4 Å². The molecule has 1 N–H and O–H groups in total. The van der Waals surface area contributed by atoms with Gasteiger partial charge >= 0.3 is 0 Å². The Hall–Kier alpha value is -0.430. The smallest absolute Gasteiger partial charge is 0.252 e. The molecule has 6 heteroatoms. The summed E-state index contributed by atoms with van der Waals surface area (Å²) >= 11 is 1.30. The molecular weight excluding hydrogens is 268 g/mol. The highest BCUT2D eigenvalue weighted by Gasteiger charge is 2.24. The van der Waals surface area contributed by atoms with Crippen molar-refractivity contribution in [2.24, 2.45) is 0 Å². The summed E-state index contributed by atoms with van der Waals surface area (Å²) in [6, 6.07) is 1.77. The zero-order valence-corrected chi connectivity index (χ0v) is 12.9. The van der Waals surface area contributed by atoms with Crippen LogP contribution in [0.2, 0.25) is 0 Å². The minimum atomic E-state index is -3.30. The van der Waals surface area contributed by atoms with Crippen LogP contribution in [0.4, 0.5) is 0 Å². The summed E-state index contributed by atoms with van der Waals surface area (Å²) in [5.41, 5.74) is 1.02. The van der Waals surface area contributed by atoms with Crippen molar-refractivity contribution in [3.05, 3.63) is 17.0 Å². The minimum Gasteiger partial charge on any atom is -0.316 e. The quantitative estimate of drug-likeness (QED) is 0.799. The molecule has 0 unspecified atom stereocenters. The maximum absolute atomic E-state index is 12.4. The molecule has 0 saturated carbocycles. The van der Waals surface area contributed by atoms with Crippen LogP contribution in [-0.2, 0) is 16.6 Å². The first-order chi connectivity index (χ1) is 8.56. The molecule has 4 nitrogen and oxygen atoms in total. The van der Waals surface area contributed by atoms with Crippen LogP contribution in [-0.4, -0.2) is 32.9 Å². The van der Waals surface area contributed by atoms with Crippen molar-refractivity contribution >= 4 is 21.4 Å². The van der Waals surface area contributed by atoms with E-state index in [9.17, 15) is 8.42 Å². The summed E-state index contributed by atoms with van der Waals surface area (Å²) in [5.74, 6) is 0. The second kappa shape index (κ2) is 7.23. The second-order valence-corrected chi connectivity index (χ2v) is 7.23. The number of nitrogens with zero attached hydrogens (tertiary/aromatic N) is 1. The van der Waals surface area contributed by atoms with Crippen molar-refractivity contribution in [2.75, 3.05) is 20.1 Å². The standard InChI is InChI=1S/C12H22N2O2S2/c1-4-6-7-14(5-2)18(15,16)12-8-11(9-13-3)10-17-12/h8,10,13H,4-7,9H2,1-3H3. The Morgan fingerprint density at radius 1 is 1.39 bits per heavy atom. The second-order valence-electron chi connectivity index (χ2n) is 4.15. The van der Waals surface area contributed by atoms with Crippen molar-refractivity contribution in [1.29, 1.82) is 0 Å². The monoisotopic (exact) mass is 290 g/mol. The summed E-state index contributed by atoms with van der Waals surface area (Å²) in [6.07, 6.45) is 1.91. The predicted molar refractivity (Wildman–Crippen MR) is 76.4 cm³/mol. The van der Waals surface area contributed by atoms with Gasteiger partial charge in [0, 0.05) is 19.6 Å². The molecule has 104 valence electrons. The zero-order valence-electron chi connectivity index (χ0n) is 11.3. The van der Waals surface area contributed by atoms with E-state index in [0.29, 0.717) is 23.8 Å². The first-order valence-electron chi connectivity index (χ1n) is 6.28. The molecule has 0 fully saturated rings. The predicted octanol–water partition coefficient (Wildman–Crippen LogP) is 2.28. The average molecular weight is 290 g/mol. The molecule has 1 aromatic rings. The average Bonchev–Trinajstić information content (AvgIpc) is 2.79. The van der Waals surface area contributed by atoms with E-state index >= 15 is 0 Å². The van der Waals surface area contributed by atoms with Crippen LogP contribution in [0.25, 0.3) is 0 Å².